The lowest BCUT2D eigenvalue weighted by Crippen LogP contribution is -2.30. The number of carbonyl (C=O) groups excluding carboxylic acids is 1. The summed E-state index contributed by atoms with van der Waals surface area (Å²) in [6.07, 6.45) is 1.75. The van der Waals surface area contributed by atoms with Gasteiger partial charge in [-0.15, -0.1) is 10.2 Å². The highest BCUT2D eigenvalue weighted by atomic mass is 19.4. The third-order valence-corrected chi connectivity index (χ3v) is 9.12. The fourth-order valence-electron chi connectivity index (χ4n) is 6.10. The zero-order valence-corrected chi connectivity index (χ0v) is 24.4. The van der Waals surface area contributed by atoms with Gasteiger partial charge in [-0.2, -0.15) is 18.4 Å². The number of alkyl halides is 3. The first kappa shape index (κ1) is 28.2. The number of nitrogens with zero attached hydrogens (tertiary/aromatic N) is 6. The lowest BCUT2D eigenvalue weighted by Gasteiger charge is -2.19. The van der Waals surface area contributed by atoms with Gasteiger partial charge in [0, 0.05) is 41.9 Å². The van der Waals surface area contributed by atoms with Crippen LogP contribution >= 0.6 is 0 Å². The van der Waals surface area contributed by atoms with E-state index in [1.165, 1.54) is 11.0 Å². The Bertz CT molecular complexity index is 1850. The number of carbonyl (C=O) groups is 1. The standard InChI is InChI=1S/C33H30F3N7O/c1-3-32(8-9-32)38-16-20-11-25-26(27(12-20)33(34,35)36)17-43(31(25)44)29-14-22(13-28(40-29)21-5-6-21)23-7-4-19(15-37)10-24(23)30-41-39-18-42(30)2/h4,7,10-14,18,21,38H,3,5-6,8-9,16-17H2,1-2H3. The molecule has 7 rings (SSSR count). The zero-order chi connectivity index (χ0) is 30.8. The van der Waals surface area contributed by atoms with Crippen molar-refractivity contribution in [3.63, 3.8) is 0 Å². The van der Waals surface area contributed by atoms with Gasteiger partial charge in [-0.25, -0.2) is 4.98 Å². The average molecular weight is 598 g/mol. The van der Waals surface area contributed by atoms with Crippen LogP contribution in [0.3, 0.4) is 0 Å². The average Bonchev–Trinajstić information content (AvgIpc) is 3.94. The highest BCUT2D eigenvalue weighted by Crippen LogP contribution is 2.45. The molecular formula is C33H30F3N7O. The summed E-state index contributed by atoms with van der Waals surface area (Å²) in [6, 6.07) is 13.9. The molecule has 2 saturated carbocycles. The predicted octanol–water partition coefficient (Wildman–Crippen LogP) is 6.50. The Balaban J connectivity index is 1.30. The van der Waals surface area contributed by atoms with Crippen LogP contribution in [-0.2, 0) is 26.3 Å². The van der Waals surface area contributed by atoms with Crippen molar-refractivity contribution in [1.82, 2.24) is 25.1 Å². The highest BCUT2D eigenvalue weighted by Gasteiger charge is 2.43. The Kier molecular flexibility index (Phi) is 6.59. The van der Waals surface area contributed by atoms with E-state index in [9.17, 15) is 23.2 Å². The van der Waals surface area contributed by atoms with Crippen LogP contribution in [0.1, 0.15) is 83.3 Å². The molecule has 2 aromatic carbocycles. The fourth-order valence-corrected chi connectivity index (χ4v) is 6.10. The van der Waals surface area contributed by atoms with Crippen LogP contribution < -0.4 is 10.2 Å². The van der Waals surface area contributed by atoms with Gasteiger partial charge in [0.2, 0.25) is 0 Å². The number of fused-ring (bicyclic) bond motifs is 1. The van der Waals surface area contributed by atoms with Crippen molar-refractivity contribution in [2.75, 3.05) is 4.90 Å². The van der Waals surface area contributed by atoms with E-state index in [-0.39, 0.29) is 35.7 Å². The van der Waals surface area contributed by atoms with Crippen LogP contribution in [0.25, 0.3) is 22.5 Å². The summed E-state index contributed by atoms with van der Waals surface area (Å²) in [6.45, 7) is 2.11. The van der Waals surface area contributed by atoms with Crippen molar-refractivity contribution in [3.8, 4) is 28.6 Å². The SMILES string of the molecule is CCC1(NCc2cc3c(c(C(F)(F)F)c2)CN(c2cc(-c4ccc(C#N)cc4-c4nncn4C)cc(C4CC4)n2)C3=O)CC1. The van der Waals surface area contributed by atoms with E-state index in [0.29, 0.717) is 28.3 Å². The minimum atomic E-state index is -4.61. The van der Waals surface area contributed by atoms with E-state index in [1.54, 1.807) is 42.2 Å². The van der Waals surface area contributed by atoms with Crippen molar-refractivity contribution in [2.45, 2.75) is 69.8 Å². The molecule has 2 fully saturated rings. The lowest BCUT2D eigenvalue weighted by molar-refractivity contribution is -0.138. The second-order valence-electron chi connectivity index (χ2n) is 12.1. The number of anilines is 1. The normalized spacial score (nSPS) is 17.1. The maximum Gasteiger partial charge on any atom is 0.416 e. The van der Waals surface area contributed by atoms with E-state index < -0.39 is 17.6 Å². The van der Waals surface area contributed by atoms with Gasteiger partial charge >= 0.3 is 6.18 Å². The second kappa shape index (κ2) is 10.3. The molecule has 0 unspecified atom stereocenters. The van der Waals surface area contributed by atoms with Gasteiger partial charge in [-0.1, -0.05) is 13.0 Å². The largest absolute Gasteiger partial charge is 0.416 e. The van der Waals surface area contributed by atoms with Gasteiger partial charge in [-0.05, 0) is 90.8 Å². The van der Waals surface area contributed by atoms with Crippen molar-refractivity contribution >= 4 is 11.7 Å². The molecule has 3 heterocycles. The van der Waals surface area contributed by atoms with Crippen molar-refractivity contribution in [1.29, 1.82) is 5.26 Å². The number of nitriles is 1. The van der Waals surface area contributed by atoms with Crippen molar-refractivity contribution < 1.29 is 18.0 Å². The van der Waals surface area contributed by atoms with Crippen LogP contribution in [0.2, 0.25) is 0 Å². The Morgan fingerprint density at radius 1 is 1.09 bits per heavy atom. The van der Waals surface area contributed by atoms with Gasteiger partial charge < -0.3 is 9.88 Å². The topological polar surface area (TPSA) is 99.7 Å². The van der Waals surface area contributed by atoms with Crippen LogP contribution in [0.4, 0.5) is 19.0 Å². The number of hydrogen-bond donors (Lipinski definition) is 1. The van der Waals surface area contributed by atoms with Crippen molar-refractivity contribution in [2.24, 2.45) is 7.05 Å². The molecule has 44 heavy (non-hydrogen) atoms. The van der Waals surface area contributed by atoms with Gasteiger partial charge in [0.1, 0.15) is 12.1 Å². The summed E-state index contributed by atoms with van der Waals surface area (Å²) >= 11 is 0. The first-order valence-electron chi connectivity index (χ1n) is 14.8. The molecule has 1 N–H and O–H groups in total. The molecule has 0 bridgehead atoms. The molecule has 0 radical (unpaired) electrons. The Morgan fingerprint density at radius 3 is 2.52 bits per heavy atom. The number of amides is 1. The van der Waals surface area contributed by atoms with Crippen LogP contribution in [0, 0.1) is 11.3 Å². The molecule has 1 aliphatic heterocycles. The number of rotatable bonds is 8. The minimum absolute atomic E-state index is 0.0215. The van der Waals surface area contributed by atoms with E-state index >= 15 is 0 Å². The Hall–Kier alpha value is -4.56. The number of benzene rings is 2. The summed E-state index contributed by atoms with van der Waals surface area (Å²) in [7, 11) is 1.81. The third kappa shape index (κ3) is 5.03. The summed E-state index contributed by atoms with van der Waals surface area (Å²) < 4.78 is 44.9. The molecule has 8 nitrogen and oxygen atoms in total. The molecule has 0 saturated heterocycles. The van der Waals surface area contributed by atoms with Crippen LogP contribution in [-0.4, -0.2) is 31.2 Å². The van der Waals surface area contributed by atoms with E-state index in [1.807, 2.05) is 12.1 Å². The Labute approximate surface area is 252 Å². The molecule has 224 valence electrons. The quantitative estimate of drug-likeness (QED) is 0.249. The Morgan fingerprint density at radius 2 is 1.89 bits per heavy atom. The van der Waals surface area contributed by atoms with E-state index in [4.69, 9.17) is 4.98 Å². The molecule has 3 aliphatic rings. The van der Waals surface area contributed by atoms with Gasteiger partial charge in [-0.3, -0.25) is 9.69 Å². The number of hydrogen-bond acceptors (Lipinski definition) is 6. The van der Waals surface area contributed by atoms with E-state index in [0.717, 1.165) is 48.9 Å². The van der Waals surface area contributed by atoms with Gasteiger partial charge in [0.15, 0.2) is 5.82 Å². The number of aryl methyl sites for hydroxylation is 1. The maximum absolute atomic E-state index is 14.4. The minimum Gasteiger partial charge on any atom is -0.317 e. The molecule has 4 aromatic rings. The third-order valence-electron chi connectivity index (χ3n) is 9.12. The zero-order valence-electron chi connectivity index (χ0n) is 24.4. The summed E-state index contributed by atoms with van der Waals surface area (Å²) in [5.41, 5.74) is 3.08. The first-order chi connectivity index (χ1) is 21.1. The number of aromatic nitrogens is 4. The van der Waals surface area contributed by atoms with Crippen LogP contribution in [0.15, 0.2) is 48.8 Å². The molecule has 2 aromatic heterocycles. The number of nitrogens with one attached hydrogen (secondary N) is 1. The highest BCUT2D eigenvalue weighted by molar-refractivity contribution is 6.10. The van der Waals surface area contributed by atoms with Crippen molar-refractivity contribution in [3.05, 3.63) is 82.3 Å². The summed E-state index contributed by atoms with van der Waals surface area (Å²) in [5, 5.41) is 21.2. The maximum atomic E-state index is 14.4. The number of halogens is 3. The molecule has 11 heteroatoms. The van der Waals surface area contributed by atoms with E-state index in [2.05, 4.69) is 28.5 Å². The van der Waals surface area contributed by atoms with Crippen LogP contribution in [0.5, 0.6) is 0 Å². The molecule has 0 atom stereocenters. The predicted molar refractivity (Wildman–Crippen MR) is 157 cm³/mol. The molecule has 0 spiro atoms. The molecular weight excluding hydrogens is 567 g/mol. The second-order valence-corrected chi connectivity index (χ2v) is 12.1. The lowest BCUT2D eigenvalue weighted by atomic mass is 9.96. The summed E-state index contributed by atoms with van der Waals surface area (Å²) in [5.74, 6) is 0.570. The monoisotopic (exact) mass is 597 g/mol. The summed E-state index contributed by atoms with van der Waals surface area (Å²) in [4.78, 5) is 20.0. The van der Waals surface area contributed by atoms with Gasteiger partial charge in [0.25, 0.3) is 5.91 Å². The first-order valence-corrected chi connectivity index (χ1v) is 14.8. The molecule has 2 aliphatic carbocycles. The smallest absolute Gasteiger partial charge is 0.317 e. The molecule has 1 amide bonds. The fraction of sp³-hybridized carbons (Fsp3) is 0.364. The van der Waals surface area contributed by atoms with Gasteiger partial charge in [0.05, 0.1) is 23.7 Å². The number of pyridine rings is 1.